The summed E-state index contributed by atoms with van der Waals surface area (Å²) < 4.78 is 0. The van der Waals surface area contributed by atoms with Crippen LogP contribution in [0, 0.1) is 12.8 Å². The molecule has 0 radical (unpaired) electrons. The van der Waals surface area contributed by atoms with Gasteiger partial charge in [-0.25, -0.2) is 0 Å². The summed E-state index contributed by atoms with van der Waals surface area (Å²) in [5.41, 5.74) is 1.99. The van der Waals surface area contributed by atoms with Crippen LogP contribution in [-0.2, 0) is 6.54 Å². The molecular formula is C16H24N2O. The van der Waals surface area contributed by atoms with Gasteiger partial charge in [0.1, 0.15) is 0 Å². The van der Waals surface area contributed by atoms with Gasteiger partial charge in [-0.1, -0.05) is 18.9 Å². The Morgan fingerprint density at radius 2 is 2.26 bits per heavy atom. The minimum absolute atomic E-state index is 0.366. The van der Waals surface area contributed by atoms with Crippen molar-refractivity contribution >= 4 is 0 Å². The molecule has 1 aliphatic carbocycles. The van der Waals surface area contributed by atoms with Crippen molar-refractivity contribution in [2.24, 2.45) is 5.92 Å². The minimum atomic E-state index is -0.366. The van der Waals surface area contributed by atoms with Crippen LogP contribution < -0.4 is 0 Å². The molecule has 0 bridgehead atoms. The molecule has 1 aromatic heterocycles. The lowest BCUT2D eigenvalue weighted by Gasteiger charge is -2.47. The van der Waals surface area contributed by atoms with Crippen LogP contribution in [0.5, 0.6) is 0 Å². The molecule has 2 heterocycles. The highest BCUT2D eigenvalue weighted by atomic mass is 16.3. The van der Waals surface area contributed by atoms with Crippen molar-refractivity contribution in [2.45, 2.75) is 51.2 Å². The number of nitrogens with zero attached hydrogens (tertiary/aromatic N) is 2. The van der Waals surface area contributed by atoms with Gasteiger partial charge in [-0.2, -0.15) is 0 Å². The van der Waals surface area contributed by atoms with Gasteiger partial charge in [0.05, 0.1) is 11.3 Å². The molecular weight excluding hydrogens is 236 g/mol. The molecule has 0 amide bonds. The molecule has 3 heteroatoms. The van der Waals surface area contributed by atoms with Gasteiger partial charge in [0.15, 0.2) is 0 Å². The highest BCUT2D eigenvalue weighted by molar-refractivity contribution is 5.12. The van der Waals surface area contributed by atoms with Gasteiger partial charge in [0, 0.05) is 31.7 Å². The topological polar surface area (TPSA) is 36.4 Å². The molecule has 1 saturated heterocycles. The Balaban J connectivity index is 1.63. The Morgan fingerprint density at radius 1 is 1.37 bits per heavy atom. The fraction of sp³-hybridized carbons (Fsp3) is 0.688. The molecule has 2 aliphatic rings. The largest absolute Gasteiger partial charge is 0.390 e. The molecule has 1 aromatic rings. The van der Waals surface area contributed by atoms with E-state index >= 15 is 0 Å². The second kappa shape index (κ2) is 5.22. The SMILES string of the molecule is Cc1ccc(CN2CCC3(O)CCCCC3C2)nc1. The molecule has 2 unspecified atom stereocenters. The van der Waals surface area contributed by atoms with Gasteiger partial charge < -0.3 is 5.11 Å². The summed E-state index contributed by atoms with van der Waals surface area (Å²) in [4.78, 5) is 6.95. The fourth-order valence-corrected chi connectivity index (χ4v) is 3.60. The summed E-state index contributed by atoms with van der Waals surface area (Å²) >= 11 is 0. The minimum Gasteiger partial charge on any atom is -0.390 e. The van der Waals surface area contributed by atoms with Crippen molar-refractivity contribution in [3.05, 3.63) is 29.6 Å². The Bertz CT molecular complexity index is 431. The smallest absolute Gasteiger partial charge is 0.0700 e. The molecule has 2 atom stereocenters. The number of aliphatic hydroxyl groups is 1. The molecule has 3 rings (SSSR count). The highest BCUT2D eigenvalue weighted by Crippen LogP contribution is 2.39. The van der Waals surface area contributed by atoms with Gasteiger partial charge in [0.2, 0.25) is 0 Å². The second-order valence-electron chi connectivity index (χ2n) is 6.36. The first-order valence-electron chi connectivity index (χ1n) is 7.52. The maximum Gasteiger partial charge on any atom is 0.0700 e. The van der Waals surface area contributed by atoms with E-state index in [4.69, 9.17) is 0 Å². The average Bonchev–Trinajstić information content (AvgIpc) is 2.41. The molecule has 3 nitrogen and oxygen atoms in total. The standard InChI is InChI=1S/C16H24N2O/c1-13-5-6-15(17-10-13)12-18-9-8-16(19)7-3-2-4-14(16)11-18/h5-6,10,14,19H,2-4,7-9,11-12H2,1H3. The summed E-state index contributed by atoms with van der Waals surface area (Å²) in [7, 11) is 0. The highest BCUT2D eigenvalue weighted by Gasteiger charge is 2.42. The third-order valence-electron chi connectivity index (χ3n) is 4.87. The molecule has 104 valence electrons. The van der Waals surface area contributed by atoms with Gasteiger partial charge in [0.25, 0.3) is 0 Å². The lowest BCUT2D eigenvalue weighted by molar-refractivity contribution is -0.0969. The van der Waals surface area contributed by atoms with E-state index in [1.807, 2.05) is 6.20 Å². The maximum atomic E-state index is 10.7. The number of piperidine rings is 1. The number of hydrogen-bond donors (Lipinski definition) is 1. The number of aromatic nitrogens is 1. The zero-order chi connectivity index (χ0) is 13.3. The number of hydrogen-bond acceptors (Lipinski definition) is 3. The number of likely N-dealkylation sites (tertiary alicyclic amines) is 1. The van der Waals surface area contributed by atoms with Crippen LogP contribution in [0.2, 0.25) is 0 Å². The molecule has 19 heavy (non-hydrogen) atoms. The molecule has 1 aliphatic heterocycles. The normalized spacial score (nSPS) is 32.0. The molecule has 0 spiro atoms. The van der Waals surface area contributed by atoms with Crippen LogP contribution in [0.3, 0.4) is 0 Å². The first kappa shape index (κ1) is 13.1. The maximum absolute atomic E-state index is 10.7. The van der Waals surface area contributed by atoms with Crippen molar-refractivity contribution < 1.29 is 5.11 Å². The van der Waals surface area contributed by atoms with Crippen LogP contribution in [0.4, 0.5) is 0 Å². The van der Waals surface area contributed by atoms with Gasteiger partial charge in [-0.05, 0) is 37.8 Å². The molecule has 2 fully saturated rings. The van der Waals surface area contributed by atoms with Crippen LogP contribution in [-0.4, -0.2) is 33.7 Å². The van der Waals surface area contributed by atoms with Crippen molar-refractivity contribution in [3.8, 4) is 0 Å². The lowest BCUT2D eigenvalue weighted by atomic mass is 9.71. The fourth-order valence-electron chi connectivity index (χ4n) is 3.60. The summed E-state index contributed by atoms with van der Waals surface area (Å²) in [5, 5.41) is 10.7. The van der Waals surface area contributed by atoms with Crippen LogP contribution >= 0.6 is 0 Å². The quantitative estimate of drug-likeness (QED) is 0.887. The number of fused-ring (bicyclic) bond motifs is 1. The van der Waals surface area contributed by atoms with Crippen LogP contribution in [0.1, 0.15) is 43.4 Å². The third-order valence-corrected chi connectivity index (χ3v) is 4.87. The van der Waals surface area contributed by atoms with E-state index in [9.17, 15) is 5.11 Å². The van der Waals surface area contributed by atoms with E-state index in [1.54, 1.807) is 0 Å². The number of rotatable bonds is 2. The van der Waals surface area contributed by atoms with E-state index in [1.165, 1.54) is 24.8 Å². The predicted octanol–water partition coefficient (Wildman–Crippen LogP) is 2.52. The van der Waals surface area contributed by atoms with Crippen molar-refractivity contribution in [2.75, 3.05) is 13.1 Å². The Hall–Kier alpha value is -0.930. The van der Waals surface area contributed by atoms with Gasteiger partial charge >= 0.3 is 0 Å². The van der Waals surface area contributed by atoms with E-state index in [2.05, 4.69) is 28.9 Å². The number of aryl methyl sites for hydroxylation is 1. The van der Waals surface area contributed by atoms with Gasteiger partial charge in [-0.15, -0.1) is 0 Å². The lowest BCUT2D eigenvalue weighted by Crippen LogP contribution is -2.53. The summed E-state index contributed by atoms with van der Waals surface area (Å²) in [5.74, 6) is 0.473. The molecule has 1 N–H and O–H groups in total. The zero-order valence-electron chi connectivity index (χ0n) is 11.8. The van der Waals surface area contributed by atoms with E-state index in [0.717, 1.165) is 38.2 Å². The van der Waals surface area contributed by atoms with Crippen molar-refractivity contribution in [1.29, 1.82) is 0 Å². The van der Waals surface area contributed by atoms with Crippen molar-refractivity contribution in [1.82, 2.24) is 9.88 Å². The van der Waals surface area contributed by atoms with Crippen molar-refractivity contribution in [3.63, 3.8) is 0 Å². The first-order chi connectivity index (χ1) is 9.16. The molecule has 1 saturated carbocycles. The van der Waals surface area contributed by atoms with E-state index < -0.39 is 0 Å². The van der Waals surface area contributed by atoms with E-state index in [0.29, 0.717) is 5.92 Å². The Labute approximate surface area is 115 Å². The first-order valence-corrected chi connectivity index (χ1v) is 7.52. The third kappa shape index (κ3) is 2.82. The number of pyridine rings is 1. The Kier molecular flexibility index (Phi) is 3.59. The van der Waals surface area contributed by atoms with Crippen LogP contribution in [0.15, 0.2) is 18.3 Å². The van der Waals surface area contributed by atoms with E-state index in [-0.39, 0.29) is 5.60 Å². The Morgan fingerprint density at radius 3 is 3.05 bits per heavy atom. The predicted molar refractivity (Wildman–Crippen MR) is 75.8 cm³/mol. The monoisotopic (exact) mass is 260 g/mol. The summed E-state index contributed by atoms with van der Waals surface area (Å²) in [6.45, 7) is 5.03. The molecule has 0 aromatic carbocycles. The summed E-state index contributed by atoms with van der Waals surface area (Å²) in [6, 6.07) is 4.25. The zero-order valence-corrected chi connectivity index (χ0v) is 11.8. The van der Waals surface area contributed by atoms with Gasteiger partial charge in [-0.3, -0.25) is 9.88 Å². The second-order valence-corrected chi connectivity index (χ2v) is 6.36. The average molecular weight is 260 g/mol. The van der Waals surface area contributed by atoms with Crippen LogP contribution in [0.25, 0.3) is 0 Å². The summed E-state index contributed by atoms with van der Waals surface area (Å²) in [6.07, 6.45) is 7.55.